The van der Waals surface area contributed by atoms with E-state index in [2.05, 4.69) is 32.8 Å². The Morgan fingerprint density at radius 2 is 1.50 bits per heavy atom. The standard InChI is InChI=1S/C18H16N4/c1-20-16-5-3-7-18(13-16)22-10-8-21(9-11-22)17-6-2-4-15(12-17)14-19/h2-7,12-13H,8-11H2. The van der Waals surface area contributed by atoms with E-state index in [0.717, 1.165) is 37.6 Å². The Hall–Kier alpha value is -2.98. The van der Waals surface area contributed by atoms with E-state index in [-0.39, 0.29) is 0 Å². The molecule has 4 nitrogen and oxygen atoms in total. The van der Waals surface area contributed by atoms with Gasteiger partial charge in [-0.3, -0.25) is 0 Å². The maximum absolute atomic E-state index is 9.00. The summed E-state index contributed by atoms with van der Waals surface area (Å²) in [7, 11) is 0. The molecule has 1 heterocycles. The van der Waals surface area contributed by atoms with E-state index in [9.17, 15) is 0 Å². The number of rotatable bonds is 2. The van der Waals surface area contributed by atoms with Crippen LogP contribution in [-0.4, -0.2) is 26.2 Å². The Labute approximate surface area is 130 Å². The highest BCUT2D eigenvalue weighted by molar-refractivity contribution is 5.60. The van der Waals surface area contributed by atoms with E-state index in [1.807, 2.05) is 36.4 Å². The second kappa shape index (κ2) is 6.20. The van der Waals surface area contributed by atoms with Crippen molar-refractivity contribution in [2.75, 3.05) is 36.0 Å². The molecule has 1 aliphatic heterocycles. The summed E-state index contributed by atoms with van der Waals surface area (Å²) in [5.74, 6) is 0. The van der Waals surface area contributed by atoms with Crippen LogP contribution in [0.15, 0.2) is 48.5 Å². The van der Waals surface area contributed by atoms with Crippen LogP contribution in [0, 0.1) is 17.9 Å². The molecule has 22 heavy (non-hydrogen) atoms. The molecule has 0 amide bonds. The van der Waals surface area contributed by atoms with E-state index in [0.29, 0.717) is 11.3 Å². The van der Waals surface area contributed by atoms with Crippen molar-refractivity contribution in [3.8, 4) is 6.07 Å². The highest BCUT2D eigenvalue weighted by Gasteiger charge is 2.17. The fourth-order valence-electron chi connectivity index (χ4n) is 2.75. The van der Waals surface area contributed by atoms with Gasteiger partial charge in [-0.25, -0.2) is 4.85 Å². The Balaban J connectivity index is 1.70. The Morgan fingerprint density at radius 1 is 0.909 bits per heavy atom. The number of hydrogen-bond acceptors (Lipinski definition) is 3. The fraction of sp³-hybridized carbons (Fsp3) is 0.222. The van der Waals surface area contributed by atoms with Crippen molar-refractivity contribution in [2.24, 2.45) is 0 Å². The van der Waals surface area contributed by atoms with Gasteiger partial charge in [-0.05, 0) is 30.3 Å². The number of hydrogen-bond donors (Lipinski definition) is 0. The van der Waals surface area contributed by atoms with E-state index in [1.54, 1.807) is 0 Å². The van der Waals surface area contributed by atoms with Gasteiger partial charge in [0.1, 0.15) is 0 Å². The van der Waals surface area contributed by atoms with E-state index < -0.39 is 0 Å². The first-order chi connectivity index (χ1) is 10.8. The maximum Gasteiger partial charge on any atom is 0.189 e. The first-order valence-electron chi connectivity index (χ1n) is 7.28. The number of nitrogens with zero attached hydrogens (tertiary/aromatic N) is 4. The summed E-state index contributed by atoms with van der Waals surface area (Å²) in [6.07, 6.45) is 0. The Kier molecular flexibility index (Phi) is 3.94. The number of nitriles is 1. The molecule has 4 heteroatoms. The SMILES string of the molecule is [C-]#[N+]c1cccc(N2CCN(c3cccc(C#N)c3)CC2)c1. The summed E-state index contributed by atoms with van der Waals surface area (Å²) in [5.41, 5.74) is 3.60. The lowest BCUT2D eigenvalue weighted by molar-refractivity contribution is 0.653. The van der Waals surface area contributed by atoms with Gasteiger partial charge in [-0.15, -0.1) is 0 Å². The lowest BCUT2D eigenvalue weighted by atomic mass is 10.1. The number of piperazine rings is 1. The van der Waals surface area contributed by atoms with Crippen molar-refractivity contribution in [1.29, 1.82) is 5.26 Å². The second-order valence-electron chi connectivity index (χ2n) is 5.27. The first kappa shape index (κ1) is 14.0. The van der Waals surface area contributed by atoms with E-state index >= 15 is 0 Å². The van der Waals surface area contributed by atoms with Gasteiger partial charge in [-0.2, -0.15) is 5.26 Å². The van der Waals surface area contributed by atoms with Gasteiger partial charge in [-0.1, -0.05) is 18.2 Å². The molecule has 0 aliphatic carbocycles. The first-order valence-corrected chi connectivity index (χ1v) is 7.28. The Morgan fingerprint density at radius 3 is 2.09 bits per heavy atom. The minimum Gasteiger partial charge on any atom is -0.369 e. The van der Waals surface area contributed by atoms with Crippen LogP contribution >= 0.6 is 0 Å². The topological polar surface area (TPSA) is 34.6 Å². The average Bonchev–Trinajstić information content (AvgIpc) is 2.62. The lowest BCUT2D eigenvalue weighted by Crippen LogP contribution is -2.46. The smallest absolute Gasteiger partial charge is 0.189 e. The van der Waals surface area contributed by atoms with Crippen LogP contribution < -0.4 is 9.80 Å². The van der Waals surface area contributed by atoms with Crippen molar-refractivity contribution in [1.82, 2.24) is 0 Å². The predicted molar refractivity (Wildman–Crippen MR) is 88.3 cm³/mol. The zero-order chi connectivity index (χ0) is 15.4. The molecular formula is C18H16N4. The van der Waals surface area contributed by atoms with Crippen molar-refractivity contribution in [2.45, 2.75) is 0 Å². The van der Waals surface area contributed by atoms with Gasteiger partial charge in [0.25, 0.3) is 0 Å². The zero-order valence-electron chi connectivity index (χ0n) is 12.2. The molecule has 0 atom stereocenters. The summed E-state index contributed by atoms with van der Waals surface area (Å²) >= 11 is 0. The monoisotopic (exact) mass is 288 g/mol. The molecular weight excluding hydrogens is 272 g/mol. The normalized spacial score (nSPS) is 14.3. The van der Waals surface area contributed by atoms with E-state index in [1.165, 1.54) is 0 Å². The third-order valence-electron chi connectivity index (χ3n) is 3.94. The molecule has 1 saturated heterocycles. The average molecular weight is 288 g/mol. The molecule has 108 valence electrons. The van der Waals surface area contributed by atoms with Gasteiger partial charge >= 0.3 is 0 Å². The quantitative estimate of drug-likeness (QED) is 0.794. The summed E-state index contributed by atoms with van der Waals surface area (Å²) in [5, 5.41) is 9.00. The highest BCUT2D eigenvalue weighted by atomic mass is 15.3. The third-order valence-corrected chi connectivity index (χ3v) is 3.94. The van der Waals surface area contributed by atoms with Gasteiger partial charge < -0.3 is 9.80 Å². The van der Waals surface area contributed by atoms with Crippen molar-refractivity contribution < 1.29 is 0 Å². The molecule has 1 aliphatic rings. The molecule has 2 aromatic rings. The molecule has 0 saturated carbocycles. The molecule has 0 radical (unpaired) electrons. The van der Waals surface area contributed by atoms with Crippen LogP contribution in [-0.2, 0) is 0 Å². The van der Waals surface area contributed by atoms with Gasteiger partial charge in [0.05, 0.1) is 18.2 Å². The minimum absolute atomic E-state index is 0.682. The fourth-order valence-corrected chi connectivity index (χ4v) is 2.75. The molecule has 0 spiro atoms. The minimum atomic E-state index is 0.682. The maximum atomic E-state index is 9.00. The molecule has 1 fully saturated rings. The van der Waals surface area contributed by atoms with Gasteiger partial charge in [0.2, 0.25) is 0 Å². The van der Waals surface area contributed by atoms with Crippen LogP contribution in [0.2, 0.25) is 0 Å². The largest absolute Gasteiger partial charge is 0.369 e. The van der Waals surface area contributed by atoms with Crippen LogP contribution in [0.4, 0.5) is 17.1 Å². The van der Waals surface area contributed by atoms with E-state index in [4.69, 9.17) is 11.8 Å². The van der Waals surface area contributed by atoms with Crippen LogP contribution in [0.25, 0.3) is 4.85 Å². The van der Waals surface area contributed by atoms with Crippen LogP contribution in [0.3, 0.4) is 0 Å². The van der Waals surface area contributed by atoms with Crippen molar-refractivity contribution in [3.05, 3.63) is 65.5 Å². The predicted octanol–water partition coefficient (Wildman–Crippen LogP) is 3.44. The highest BCUT2D eigenvalue weighted by Crippen LogP contribution is 2.24. The summed E-state index contributed by atoms with van der Waals surface area (Å²) in [4.78, 5) is 8.10. The molecule has 2 aromatic carbocycles. The van der Waals surface area contributed by atoms with Crippen molar-refractivity contribution in [3.63, 3.8) is 0 Å². The van der Waals surface area contributed by atoms with Gasteiger partial charge in [0.15, 0.2) is 5.69 Å². The molecule has 0 bridgehead atoms. The number of benzene rings is 2. The Bertz CT molecular complexity index is 681. The second-order valence-corrected chi connectivity index (χ2v) is 5.27. The molecule has 0 aromatic heterocycles. The van der Waals surface area contributed by atoms with Crippen LogP contribution in [0.1, 0.15) is 5.56 Å². The molecule has 0 unspecified atom stereocenters. The summed E-state index contributed by atoms with van der Waals surface area (Å²) < 4.78 is 0. The van der Waals surface area contributed by atoms with Gasteiger partial charge in [0, 0.05) is 37.6 Å². The zero-order valence-corrected chi connectivity index (χ0v) is 12.2. The van der Waals surface area contributed by atoms with Crippen molar-refractivity contribution >= 4 is 17.1 Å². The molecule has 0 N–H and O–H groups in total. The lowest BCUT2D eigenvalue weighted by Gasteiger charge is -2.37. The summed E-state index contributed by atoms with van der Waals surface area (Å²) in [6.45, 7) is 10.8. The number of anilines is 2. The molecule has 3 rings (SSSR count). The summed E-state index contributed by atoms with van der Waals surface area (Å²) in [6, 6.07) is 17.7. The van der Waals surface area contributed by atoms with Crippen LogP contribution in [0.5, 0.6) is 0 Å². The third kappa shape index (κ3) is 2.87.